The van der Waals surface area contributed by atoms with Crippen LogP contribution in [0.15, 0.2) is 18.2 Å². The minimum absolute atomic E-state index is 0.0330. The van der Waals surface area contributed by atoms with Crippen molar-refractivity contribution in [3.63, 3.8) is 0 Å². The van der Waals surface area contributed by atoms with Crippen molar-refractivity contribution < 1.29 is 19.1 Å². The van der Waals surface area contributed by atoms with Crippen molar-refractivity contribution >= 4 is 17.5 Å². The fraction of sp³-hybridized carbons (Fsp3) is 0.500. The molecule has 0 atom stereocenters. The van der Waals surface area contributed by atoms with Crippen LogP contribution in [0.1, 0.15) is 25.7 Å². The second-order valence-electron chi connectivity index (χ2n) is 5.31. The third-order valence-corrected chi connectivity index (χ3v) is 3.83. The minimum atomic E-state index is -0.283. The molecule has 0 heterocycles. The van der Waals surface area contributed by atoms with Gasteiger partial charge in [-0.15, -0.1) is 0 Å². The Bertz CT molecular complexity index is 539. The van der Waals surface area contributed by atoms with Gasteiger partial charge in [-0.1, -0.05) is 12.8 Å². The SMILES string of the molecule is COc1ccc(NC(=O)CNC(=O)C2CCCC2)c(OC)c1. The molecule has 6 nitrogen and oxygen atoms in total. The Morgan fingerprint density at radius 1 is 1.18 bits per heavy atom. The summed E-state index contributed by atoms with van der Waals surface area (Å²) in [4.78, 5) is 23.8. The first-order valence-corrected chi connectivity index (χ1v) is 7.43. The molecule has 1 aromatic rings. The van der Waals surface area contributed by atoms with Gasteiger partial charge in [-0.2, -0.15) is 0 Å². The largest absolute Gasteiger partial charge is 0.497 e. The molecule has 1 fully saturated rings. The maximum Gasteiger partial charge on any atom is 0.243 e. The maximum absolute atomic E-state index is 11.9. The second kappa shape index (κ2) is 7.68. The van der Waals surface area contributed by atoms with Gasteiger partial charge in [0.25, 0.3) is 0 Å². The number of methoxy groups -OCH3 is 2. The lowest BCUT2D eigenvalue weighted by Crippen LogP contribution is -2.36. The van der Waals surface area contributed by atoms with Gasteiger partial charge in [-0.25, -0.2) is 0 Å². The number of carbonyl (C=O) groups excluding carboxylic acids is 2. The number of rotatable bonds is 6. The molecule has 0 radical (unpaired) electrons. The van der Waals surface area contributed by atoms with Crippen LogP contribution in [0.2, 0.25) is 0 Å². The molecule has 22 heavy (non-hydrogen) atoms. The number of nitrogens with one attached hydrogen (secondary N) is 2. The lowest BCUT2D eigenvalue weighted by molar-refractivity contribution is -0.127. The van der Waals surface area contributed by atoms with Gasteiger partial charge >= 0.3 is 0 Å². The summed E-state index contributed by atoms with van der Waals surface area (Å²) in [6.45, 7) is -0.0372. The smallest absolute Gasteiger partial charge is 0.243 e. The summed E-state index contributed by atoms with van der Waals surface area (Å²) in [5.41, 5.74) is 0.545. The first kappa shape index (κ1) is 16.1. The summed E-state index contributed by atoms with van der Waals surface area (Å²) in [6.07, 6.45) is 4.01. The zero-order chi connectivity index (χ0) is 15.9. The van der Waals surface area contributed by atoms with Crippen LogP contribution >= 0.6 is 0 Å². The van der Waals surface area contributed by atoms with E-state index in [-0.39, 0.29) is 24.3 Å². The van der Waals surface area contributed by atoms with E-state index in [4.69, 9.17) is 9.47 Å². The summed E-state index contributed by atoms with van der Waals surface area (Å²) in [5, 5.41) is 5.41. The molecule has 0 bridgehead atoms. The molecule has 0 aliphatic heterocycles. The average Bonchev–Trinajstić information content (AvgIpc) is 3.07. The predicted molar refractivity (Wildman–Crippen MR) is 83.1 cm³/mol. The van der Waals surface area contributed by atoms with Gasteiger partial charge in [0.2, 0.25) is 11.8 Å². The topological polar surface area (TPSA) is 76.7 Å². The van der Waals surface area contributed by atoms with Crippen molar-refractivity contribution in [1.82, 2.24) is 5.32 Å². The molecule has 2 rings (SSSR count). The van der Waals surface area contributed by atoms with Gasteiger partial charge in [0.15, 0.2) is 0 Å². The number of benzene rings is 1. The Morgan fingerprint density at radius 3 is 2.55 bits per heavy atom. The zero-order valence-corrected chi connectivity index (χ0v) is 13.0. The average molecular weight is 306 g/mol. The van der Waals surface area contributed by atoms with Crippen molar-refractivity contribution in [3.8, 4) is 11.5 Å². The molecule has 0 unspecified atom stereocenters. The monoisotopic (exact) mass is 306 g/mol. The molecular weight excluding hydrogens is 284 g/mol. The molecule has 1 saturated carbocycles. The van der Waals surface area contributed by atoms with Gasteiger partial charge < -0.3 is 20.1 Å². The fourth-order valence-electron chi connectivity index (χ4n) is 2.60. The van der Waals surface area contributed by atoms with Crippen molar-refractivity contribution in [3.05, 3.63) is 18.2 Å². The maximum atomic E-state index is 11.9. The van der Waals surface area contributed by atoms with E-state index in [1.54, 1.807) is 25.3 Å². The van der Waals surface area contributed by atoms with E-state index in [0.29, 0.717) is 17.2 Å². The lowest BCUT2D eigenvalue weighted by atomic mass is 10.1. The van der Waals surface area contributed by atoms with Crippen LogP contribution in [-0.4, -0.2) is 32.6 Å². The van der Waals surface area contributed by atoms with Crippen LogP contribution in [0.3, 0.4) is 0 Å². The van der Waals surface area contributed by atoms with Crippen molar-refractivity contribution in [2.45, 2.75) is 25.7 Å². The molecule has 120 valence electrons. The van der Waals surface area contributed by atoms with Gasteiger partial charge in [0.05, 0.1) is 26.5 Å². The predicted octanol–water partition coefficient (Wildman–Crippen LogP) is 1.95. The third kappa shape index (κ3) is 4.13. The summed E-state index contributed by atoms with van der Waals surface area (Å²) < 4.78 is 10.3. The highest BCUT2D eigenvalue weighted by molar-refractivity contribution is 5.96. The van der Waals surface area contributed by atoms with E-state index < -0.39 is 0 Å². The Hall–Kier alpha value is -2.24. The van der Waals surface area contributed by atoms with Crippen molar-refractivity contribution in [2.24, 2.45) is 5.92 Å². The molecule has 0 saturated heterocycles. The molecule has 0 spiro atoms. The molecule has 6 heteroatoms. The van der Waals surface area contributed by atoms with E-state index in [9.17, 15) is 9.59 Å². The van der Waals surface area contributed by atoms with E-state index in [2.05, 4.69) is 10.6 Å². The second-order valence-corrected chi connectivity index (χ2v) is 5.31. The molecule has 1 aromatic carbocycles. The van der Waals surface area contributed by atoms with Crippen LogP contribution < -0.4 is 20.1 Å². The number of carbonyl (C=O) groups is 2. The molecular formula is C16H22N2O4. The normalized spacial score (nSPS) is 14.5. The Balaban J connectivity index is 1.87. The van der Waals surface area contributed by atoms with Crippen LogP contribution in [0.4, 0.5) is 5.69 Å². The number of amides is 2. The van der Waals surface area contributed by atoms with Crippen LogP contribution in [0.25, 0.3) is 0 Å². The third-order valence-electron chi connectivity index (χ3n) is 3.83. The molecule has 0 aromatic heterocycles. The van der Waals surface area contributed by atoms with Crippen LogP contribution in [0, 0.1) is 5.92 Å². The lowest BCUT2D eigenvalue weighted by Gasteiger charge is -2.13. The Labute approximate surface area is 130 Å². The van der Waals surface area contributed by atoms with Crippen LogP contribution in [-0.2, 0) is 9.59 Å². The van der Waals surface area contributed by atoms with E-state index >= 15 is 0 Å². The number of hydrogen-bond donors (Lipinski definition) is 2. The van der Waals surface area contributed by atoms with E-state index in [1.165, 1.54) is 7.11 Å². The Kier molecular flexibility index (Phi) is 5.63. The standard InChI is InChI=1S/C16H22N2O4/c1-21-12-7-8-13(14(9-12)22-2)18-15(19)10-17-16(20)11-5-3-4-6-11/h7-9,11H,3-6,10H2,1-2H3,(H,17,20)(H,18,19). The highest BCUT2D eigenvalue weighted by Crippen LogP contribution is 2.29. The molecule has 1 aliphatic carbocycles. The van der Waals surface area contributed by atoms with Gasteiger partial charge in [-0.3, -0.25) is 9.59 Å². The summed E-state index contributed by atoms with van der Waals surface area (Å²) >= 11 is 0. The van der Waals surface area contributed by atoms with E-state index in [0.717, 1.165) is 25.7 Å². The summed E-state index contributed by atoms with van der Waals surface area (Å²) in [6, 6.07) is 5.12. The molecule has 2 N–H and O–H groups in total. The zero-order valence-electron chi connectivity index (χ0n) is 13.0. The summed E-state index contributed by atoms with van der Waals surface area (Å²) in [7, 11) is 3.08. The molecule has 1 aliphatic rings. The van der Waals surface area contributed by atoms with E-state index in [1.807, 2.05) is 0 Å². The highest BCUT2D eigenvalue weighted by atomic mass is 16.5. The first-order chi connectivity index (χ1) is 10.6. The van der Waals surface area contributed by atoms with Gasteiger partial charge in [0.1, 0.15) is 11.5 Å². The van der Waals surface area contributed by atoms with Crippen molar-refractivity contribution in [2.75, 3.05) is 26.1 Å². The van der Waals surface area contributed by atoms with Gasteiger partial charge in [-0.05, 0) is 25.0 Å². The van der Waals surface area contributed by atoms with Crippen LogP contribution in [0.5, 0.6) is 11.5 Å². The fourth-order valence-corrected chi connectivity index (χ4v) is 2.60. The minimum Gasteiger partial charge on any atom is -0.497 e. The van der Waals surface area contributed by atoms with Gasteiger partial charge in [0, 0.05) is 12.0 Å². The number of ether oxygens (including phenoxy) is 2. The summed E-state index contributed by atoms with van der Waals surface area (Å²) in [5.74, 6) is 0.895. The number of anilines is 1. The molecule has 2 amide bonds. The quantitative estimate of drug-likeness (QED) is 0.842. The first-order valence-electron chi connectivity index (χ1n) is 7.43. The highest BCUT2D eigenvalue weighted by Gasteiger charge is 2.22. The Morgan fingerprint density at radius 2 is 1.91 bits per heavy atom. The number of hydrogen-bond acceptors (Lipinski definition) is 4. The van der Waals surface area contributed by atoms with Crippen molar-refractivity contribution in [1.29, 1.82) is 0 Å².